The molecule has 3 aromatic carbocycles. The molecule has 28 heavy (non-hydrogen) atoms. The number of carbonyl (C=O) groups is 2. The number of anilines is 1. The average Bonchev–Trinajstić information content (AvgIpc) is 2.72. The first-order valence-corrected chi connectivity index (χ1v) is 9.09. The second-order valence-electron chi connectivity index (χ2n) is 6.96. The number of carbonyl (C=O) groups excluding carboxylic acids is 2. The summed E-state index contributed by atoms with van der Waals surface area (Å²) in [5, 5.41) is 5.04. The van der Waals surface area contributed by atoms with Crippen molar-refractivity contribution < 1.29 is 14.3 Å². The van der Waals surface area contributed by atoms with Gasteiger partial charge in [0.1, 0.15) is 5.75 Å². The van der Waals surface area contributed by atoms with Crippen LogP contribution < -0.4 is 10.1 Å². The largest absolute Gasteiger partial charge is 0.497 e. The highest BCUT2D eigenvalue weighted by Crippen LogP contribution is 2.26. The van der Waals surface area contributed by atoms with Crippen LogP contribution >= 0.6 is 0 Å². The molecule has 0 saturated heterocycles. The van der Waals surface area contributed by atoms with Crippen molar-refractivity contribution in [1.29, 1.82) is 0 Å². The van der Waals surface area contributed by atoms with Gasteiger partial charge in [-0.2, -0.15) is 0 Å². The smallest absolute Gasteiger partial charge is 0.253 e. The number of hydrogen-bond acceptors (Lipinski definition) is 3. The van der Waals surface area contributed by atoms with Gasteiger partial charge in [0, 0.05) is 25.3 Å². The first kappa shape index (κ1) is 19.4. The molecule has 0 bridgehead atoms. The van der Waals surface area contributed by atoms with Gasteiger partial charge < -0.3 is 15.0 Å². The molecule has 0 radical (unpaired) electrons. The summed E-state index contributed by atoms with van der Waals surface area (Å²) in [7, 11) is 5.06. The van der Waals surface area contributed by atoms with E-state index in [1.807, 2.05) is 43.3 Å². The van der Waals surface area contributed by atoms with E-state index >= 15 is 0 Å². The summed E-state index contributed by atoms with van der Waals surface area (Å²) < 4.78 is 5.25. The van der Waals surface area contributed by atoms with Crippen LogP contribution in [0.3, 0.4) is 0 Å². The maximum absolute atomic E-state index is 12.7. The molecule has 0 fully saturated rings. The summed E-state index contributed by atoms with van der Waals surface area (Å²) in [6.07, 6.45) is 0. The number of fused-ring (bicyclic) bond motifs is 1. The Bertz CT molecular complexity index is 1010. The molecule has 1 atom stereocenters. The van der Waals surface area contributed by atoms with Gasteiger partial charge in [-0.25, -0.2) is 0 Å². The number of nitrogens with one attached hydrogen (secondary N) is 1. The third-order valence-corrected chi connectivity index (χ3v) is 4.77. The van der Waals surface area contributed by atoms with Crippen LogP contribution in [-0.4, -0.2) is 37.9 Å². The van der Waals surface area contributed by atoms with E-state index < -0.39 is 0 Å². The fourth-order valence-corrected chi connectivity index (χ4v) is 2.99. The maximum Gasteiger partial charge on any atom is 0.253 e. The standard InChI is InChI=1S/C23H24N2O3/c1-15(17-5-6-19-14-21(28-4)12-9-18(19)13-17)22(26)24-20-10-7-16(8-11-20)23(27)25(2)3/h5-15H,1-4H3,(H,24,26)/t15-/m0/s1. The summed E-state index contributed by atoms with van der Waals surface area (Å²) in [6.45, 7) is 1.88. The Kier molecular flexibility index (Phi) is 5.64. The maximum atomic E-state index is 12.7. The SMILES string of the molecule is COc1ccc2cc([C@H](C)C(=O)Nc3ccc(C(=O)N(C)C)cc3)ccc2c1. The van der Waals surface area contributed by atoms with Crippen molar-refractivity contribution in [3.05, 3.63) is 71.8 Å². The second-order valence-corrected chi connectivity index (χ2v) is 6.96. The van der Waals surface area contributed by atoms with Crippen LogP contribution in [0.4, 0.5) is 5.69 Å². The van der Waals surface area contributed by atoms with Crippen LogP contribution in [0.15, 0.2) is 60.7 Å². The molecule has 0 spiro atoms. The number of hydrogen-bond donors (Lipinski definition) is 1. The number of amides is 2. The molecule has 5 heteroatoms. The molecule has 3 rings (SSSR count). The summed E-state index contributed by atoms with van der Waals surface area (Å²) >= 11 is 0. The molecule has 0 aromatic heterocycles. The van der Waals surface area contributed by atoms with Crippen LogP contribution in [0.1, 0.15) is 28.8 Å². The molecular weight excluding hydrogens is 352 g/mol. The zero-order valence-electron chi connectivity index (χ0n) is 16.5. The molecule has 2 amide bonds. The van der Waals surface area contributed by atoms with Gasteiger partial charge >= 0.3 is 0 Å². The van der Waals surface area contributed by atoms with E-state index in [4.69, 9.17) is 4.74 Å². The quantitative estimate of drug-likeness (QED) is 0.723. The number of benzene rings is 3. The Morgan fingerprint density at radius 2 is 1.57 bits per heavy atom. The lowest BCUT2D eigenvalue weighted by Gasteiger charge is -2.14. The molecule has 5 nitrogen and oxygen atoms in total. The fourth-order valence-electron chi connectivity index (χ4n) is 2.99. The summed E-state index contributed by atoms with van der Waals surface area (Å²) in [5.74, 6) is 0.329. The fraction of sp³-hybridized carbons (Fsp3) is 0.217. The predicted octanol–water partition coefficient (Wildman–Crippen LogP) is 4.29. The third-order valence-electron chi connectivity index (χ3n) is 4.77. The van der Waals surface area contributed by atoms with Gasteiger partial charge in [-0.05, 0) is 59.7 Å². The molecule has 0 aliphatic heterocycles. The van der Waals surface area contributed by atoms with Gasteiger partial charge in [0.15, 0.2) is 0 Å². The van der Waals surface area contributed by atoms with E-state index in [0.717, 1.165) is 22.1 Å². The Morgan fingerprint density at radius 3 is 2.21 bits per heavy atom. The van der Waals surface area contributed by atoms with Crippen molar-refractivity contribution in [2.45, 2.75) is 12.8 Å². The predicted molar refractivity (Wildman–Crippen MR) is 112 cm³/mol. The molecular formula is C23H24N2O3. The highest BCUT2D eigenvalue weighted by atomic mass is 16.5. The van der Waals surface area contributed by atoms with Crippen LogP contribution in [-0.2, 0) is 4.79 Å². The summed E-state index contributed by atoms with van der Waals surface area (Å²) in [4.78, 5) is 26.1. The minimum absolute atomic E-state index is 0.0703. The minimum atomic E-state index is -0.311. The highest BCUT2D eigenvalue weighted by molar-refractivity contribution is 5.98. The van der Waals surface area contributed by atoms with E-state index in [-0.39, 0.29) is 17.7 Å². The normalized spacial score (nSPS) is 11.7. The molecule has 3 aromatic rings. The van der Waals surface area contributed by atoms with Crippen molar-refractivity contribution in [2.75, 3.05) is 26.5 Å². The van der Waals surface area contributed by atoms with E-state index in [2.05, 4.69) is 5.32 Å². The average molecular weight is 376 g/mol. The molecule has 0 aliphatic rings. The highest BCUT2D eigenvalue weighted by Gasteiger charge is 2.16. The van der Waals surface area contributed by atoms with E-state index in [1.54, 1.807) is 45.5 Å². The molecule has 0 heterocycles. The van der Waals surface area contributed by atoms with Crippen LogP contribution in [0.5, 0.6) is 5.75 Å². The van der Waals surface area contributed by atoms with Crippen LogP contribution in [0, 0.1) is 0 Å². The van der Waals surface area contributed by atoms with Gasteiger partial charge in [-0.3, -0.25) is 9.59 Å². The van der Waals surface area contributed by atoms with Gasteiger partial charge in [-0.15, -0.1) is 0 Å². The van der Waals surface area contributed by atoms with Crippen LogP contribution in [0.25, 0.3) is 10.8 Å². The van der Waals surface area contributed by atoms with Gasteiger partial charge in [0.25, 0.3) is 5.91 Å². The first-order valence-electron chi connectivity index (χ1n) is 9.09. The number of nitrogens with zero attached hydrogens (tertiary/aromatic N) is 1. The lowest BCUT2D eigenvalue weighted by molar-refractivity contribution is -0.117. The van der Waals surface area contributed by atoms with Crippen molar-refractivity contribution >= 4 is 28.3 Å². The molecule has 0 saturated carbocycles. The molecule has 0 aliphatic carbocycles. The minimum Gasteiger partial charge on any atom is -0.497 e. The van der Waals surface area contributed by atoms with Crippen molar-refractivity contribution in [3.63, 3.8) is 0 Å². The van der Waals surface area contributed by atoms with E-state index in [9.17, 15) is 9.59 Å². The summed E-state index contributed by atoms with van der Waals surface area (Å²) in [6, 6.07) is 18.8. The first-order chi connectivity index (χ1) is 13.4. The second kappa shape index (κ2) is 8.13. The number of rotatable bonds is 5. The van der Waals surface area contributed by atoms with E-state index in [0.29, 0.717) is 11.3 Å². The summed E-state index contributed by atoms with van der Waals surface area (Å²) in [5.41, 5.74) is 2.19. The van der Waals surface area contributed by atoms with Crippen molar-refractivity contribution in [2.24, 2.45) is 0 Å². The van der Waals surface area contributed by atoms with Crippen molar-refractivity contribution in [1.82, 2.24) is 4.90 Å². The Hall–Kier alpha value is -3.34. The van der Waals surface area contributed by atoms with Gasteiger partial charge in [-0.1, -0.05) is 24.3 Å². The van der Waals surface area contributed by atoms with Gasteiger partial charge in [0.05, 0.1) is 13.0 Å². The zero-order chi connectivity index (χ0) is 20.3. The number of ether oxygens (including phenoxy) is 1. The Labute approximate surface area is 164 Å². The topological polar surface area (TPSA) is 58.6 Å². The lowest BCUT2D eigenvalue weighted by atomic mass is 9.97. The molecule has 0 unspecified atom stereocenters. The third kappa shape index (κ3) is 4.14. The Morgan fingerprint density at radius 1 is 0.929 bits per heavy atom. The molecule has 1 N–H and O–H groups in total. The van der Waals surface area contributed by atoms with Crippen LogP contribution in [0.2, 0.25) is 0 Å². The molecule has 144 valence electrons. The lowest BCUT2D eigenvalue weighted by Crippen LogP contribution is -2.22. The van der Waals surface area contributed by atoms with E-state index in [1.165, 1.54) is 4.90 Å². The zero-order valence-corrected chi connectivity index (χ0v) is 16.5. The number of methoxy groups -OCH3 is 1. The van der Waals surface area contributed by atoms with Gasteiger partial charge in [0.2, 0.25) is 5.91 Å². The monoisotopic (exact) mass is 376 g/mol. The van der Waals surface area contributed by atoms with Crippen molar-refractivity contribution in [3.8, 4) is 5.75 Å². The Balaban J connectivity index is 1.73.